The zero-order valence-corrected chi connectivity index (χ0v) is 10.9. The van der Waals surface area contributed by atoms with Crippen LogP contribution in [-0.2, 0) is 4.74 Å². The van der Waals surface area contributed by atoms with Crippen LogP contribution in [-0.4, -0.2) is 24.1 Å². The van der Waals surface area contributed by atoms with Crippen molar-refractivity contribution in [2.75, 3.05) is 0 Å². The Morgan fingerprint density at radius 3 is 1.13 bits per heavy atom. The first kappa shape index (κ1) is 21.2. The molecule has 0 spiro atoms. The van der Waals surface area contributed by atoms with Crippen molar-refractivity contribution in [2.24, 2.45) is 0 Å². The van der Waals surface area contributed by atoms with Gasteiger partial charge in [-0.15, -0.1) is 13.2 Å². The third kappa shape index (κ3) is 4.60. The first-order valence-electron chi connectivity index (χ1n) is 5.42. The highest BCUT2D eigenvalue weighted by Crippen LogP contribution is 2.39. The second kappa shape index (κ2) is 7.66. The number of rotatable bonds is 8. The molecule has 23 heavy (non-hydrogen) atoms. The summed E-state index contributed by atoms with van der Waals surface area (Å²) < 4.78 is 130. The molecule has 1 nitrogen and oxygen atoms in total. The van der Waals surface area contributed by atoms with Gasteiger partial charge in [0.2, 0.25) is 11.7 Å². The second-order valence-corrected chi connectivity index (χ2v) is 3.84. The van der Waals surface area contributed by atoms with E-state index in [1.54, 1.807) is 0 Å². The summed E-state index contributed by atoms with van der Waals surface area (Å²) in [6.07, 6.45) is -13.3. The average molecular weight is 358 g/mol. The van der Waals surface area contributed by atoms with E-state index in [0.717, 1.165) is 0 Å². The quantitative estimate of drug-likeness (QED) is 0.409. The Kier molecular flexibility index (Phi) is 7.07. The van der Waals surface area contributed by atoms with Gasteiger partial charge in [-0.25, -0.2) is 0 Å². The van der Waals surface area contributed by atoms with E-state index < -0.39 is 47.9 Å². The summed E-state index contributed by atoms with van der Waals surface area (Å²) in [7, 11) is 0. The molecule has 0 saturated heterocycles. The maximum absolute atomic E-state index is 13.3. The van der Waals surface area contributed by atoms with Gasteiger partial charge in [0.1, 0.15) is 12.2 Å². The monoisotopic (exact) mass is 358 g/mol. The van der Waals surface area contributed by atoms with Crippen LogP contribution < -0.4 is 0 Å². The minimum Gasteiger partial charge on any atom is -0.353 e. The summed E-state index contributed by atoms with van der Waals surface area (Å²) in [5.41, 5.74) is 0. The van der Waals surface area contributed by atoms with Gasteiger partial charge in [0, 0.05) is 0 Å². The molecule has 0 rings (SSSR count). The van der Waals surface area contributed by atoms with Crippen LogP contribution in [0.1, 0.15) is 0 Å². The normalized spacial score (nSPS) is 14.7. The van der Waals surface area contributed by atoms with Crippen LogP contribution >= 0.6 is 0 Å². The van der Waals surface area contributed by atoms with E-state index in [0.29, 0.717) is 0 Å². The van der Waals surface area contributed by atoms with Gasteiger partial charge in [0.15, 0.2) is 0 Å². The topological polar surface area (TPSA) is 9.23 Å². The lowest BCUT2D eigenvalue weighted by molar-refractivity contribution is -0.172. The van der Waals surface area contributed by atoms with Crippen molar-refractivity contribution in [1.82, 2.24) is 0 Å². The summed E-state index contributed by atoms with van der Waals surface area (Å²) in [6, 6.07) is 0. The van der Waals surface area contributed by atoms with Crippen molar-refractivity contribution < 1.29 is 48.6 Å². The molecule has 2 unspecified atom stereocenters. The molecule has 11 heteroatoms. The van der Waals surface area contributed by atoms with Gasteiger partial charge >= 0.3 is 24.0 Å². The molecule has 0 aliphatic rings. The zero-order valence-electron chi connectivity index (χ0n) is 10.9. The Balaban J connectivity index is 5.72. The molecule has 2 atom stereocenters. The highest BCUT2D eigenvalue weighted by Gasteiger charge is 2.52. The first-order chi connectivity index (χ1) is 10.3. The van der Waals surface area contributed by atoms with Crippen LogP contribution in [0.25, 0.3) is 0 Å². The number of hydrogen-bond acceptors (Lipinski definition) is 1. The van der Waals surface area contributed by atoms with Gasteiger partial charge in [0.05, 0.1) is 0 Å². The van der Waals surface area contributed by atoms with Crippen LogP contribution in [0.15, 0.2) is 49.1 Å². The Labute approximate surface area is 123 Å². The zero-order chi connectivity index (χ0) is 18.6. The van der Waals surface area contributed by atoms with Crippen molar-refractivity contribution in [2.45, 2.75) is 24.1 Å². The minimum atomic E-state index is -5.16. The average Bonchev–Trinajstić information content (AvgIpc) is 2.45. The van der Waals surface area contributed by atoms with Crippen LogP contribution in [0.2, 0.25) is 0 Å². The highest BCUT2D eigenvalue weighted by atomic mass is 19.3. The van der Waals surface area contributed by atoms with Crippen molar-refractivity contribution in [3.05, 3.63) is 49.1 Å². The van der Waals surface area contributed by atoms with Gasteiger partial charge in [-0.05, 0) is 0 Å². The third-order valence-corrected chi connectivity index (χ3v) is 2.35. The molecule has 0 bridgehead atoms. The van der Waals surface area contributed by atoms with E-state index >= 15 is 0 Å². The van der Waals surface area contributed by atoms with Crippen LogP contribution in [0.5, 0.6) is 0 Å². The lowest BCUT2D eigenvalue weighted by atomic mass is 10.1. The molecule has 0 saturated carbocycles. The van der Waals surface area contributed by atoms with Crippen molar-refractivity contribution >= 4 is 0 Å². The number of hydrogen-bond donors (Lipinski definition) is 0. The van der Waals surface area contributed by atoms with Gasteiger partial charge in [0.25, 0.3) is 0 Å². The summed E-state index contributed by atoms with van der Waals surface area (Å²) in [5, 5.41) is 0. The summed E-state index contributed by atoms with van der Waals surface area (Å²) in [5.74, 6) is -16.9. The predicted octanol–water partition coefficient (Wildman–Crippen LogP) is 5.54. The van der Waals surface area contributed by atoms with Gasteiger partial charge < -0.3 is 4.74 Å². The van der Waals surface area contributed by atoms with Crippen molar-refractivity contribution in [1.29, 1.82) is 0 Å². The number of halogens is 10. The Bertz CT molecular complexity index is 468. The smallest absolute Gasteiger partial charge is 0.333 e. The Morgan fingerprint density at radius 2 is 0.957 bits per heavy atom. The van der Waals surface area contributed by atoms with Crippen LogP contribution in [0, 0.1) is 0 Å². The van der Waals surface area contributed by atoms with Gasteiger partial charge in [-0.1, -0.05) is 12.2 Å². The SMILES string of the molecule is C=CC(OC(C=C)C(F)(F)C(F)=C(F)F)C(F)(F)C(F)=C(F)F. The molecule has 0 aromatic heterocycles. The molecule has 0 aliphatic carbocycles. The van der Waals surface area contributed by atoms with E-state index in [-0.39, 0.29) is 12.2 Å². The highest BCUT2D eigenvalue weighted by molar-refractivity contribution is 5.16. The van der Waals surface area contributed by atoms with E-state index in [9.17, 15) is 43.9 Å². The van der Waals surface area contributed by atoms with Crippen molar-refractivity contribution in [3.8, 4) is 0 Å². The van der Waals surface area contributed by atoms with Gasteiger partial charge in [-0.3, -0.25) is 0 Å². The Hall–Kier alpha value is -1.78. The molecule has 132 valence electrons. The molecular weight excluding hydrogens is 350 g/mol. The maximum atomic E-state index is 13.3. The molecule has 0 fully saturated rings. The van der Waals surface area contributed by atoms with Crippen LogP contribution in [0.4, 0.5) is 43.9 Å². The lowest BCUT2D eigenvalue weighted by Crippen LogP contribution is -2.44. The molecule has 0 aromatic carbocycles. The van der Waals surface area contributed by atoms with Crippen molar-refractivity contribution in [3.63, 3.8) is 0 Å². The Morgan fingerprint density at radius 1 is 0.696 bits per heavy atom. The molecule has 0 N–H and O–H groups in total. The third-order valence-electron chi connectivity index (χ3n) is 2.35. The second-order valence-electron chi connectivity index (χ2n) is 3.84. The fraction of sp³-hybridized carbons (Fsp3) is 0.333. The fourth-order valence-corrected chi connectivity index (χ4v) is 1.24. The van der Waals surface area contributed by atoms with E-state index in [2.05, 4.69) is 17.9 Å². The van der Waals surface area contributed by atoms with Crippen LogP contribution in [0.3, 0.4) is 0 Å². The summed E-state index contributed by atoms with van der Waals surface area (Å²) in [6.45, 7) is 5.29. The standard InChI is InChI=1S/C12H8F10O/c1-3-5(11(19,20)7(13)9(15)16)23-6(4-2)12(21,22)8(14)10(17)18/h3-6H,1-2H2. The lowest BCUT2D eigenvalue weighted by Gasteiger charge is -2.29. The maximum Gasteiger partial charge on any atom is 0.333 e. The molecule has 0 aliphatic heterocycles. The van der Waals surface area contributed by atoms with Gasteiger partial charge in [-0.2, -0.15) is 43.9 Å². The first-order valence-corrected chi connectivity index (χ1v) is 5.42. The summed E-state index contributed by atoms with van der Waals surface area (Å²) >= 11 is 0. The molecular formula is C12H8F10O. The van der Waals surface area contributed by atoms with E-state index in [4.69, 9.17) is 0 Å². The number of ether oxygens (including phenoxy) is 1. The minimum absolute atomic E-state index is 0.0392. The predicted molar refractivity (Wildman–Crippen MR) is 59.6 cm³/mol. The number of alkyl halides is 4. The van der Waals surface area contributed by atoms with E-state index in [1.165, 1.54) is 0 Å². The molecule has 0 aromatic rings. The molecule has 0 amide bonds. The molecule has 0 radical (unpaired) electrons. The fourth-order valence-electron chi connectivity index (χ4n) is 1.24. The summed E-state index contributed by atoms with van der Waals surface area (Å²) in [4.78, 5) is 0. The van der Waals surface area contributed by atoms with E-state index in [1.807, 2.05) is 0 Å². The largest absolute Gasteiger partial charge is 0.353 e. The molecule has 0 heterocycles.